The predicted molar refractivity (Wildman–Crippen MR) is 62.1 cm³/mol. The molecule has 0 radical (unpaired) electrons. The van der Waals surface area contributed by atoms with Crippen LogP contribution in [0.1, 0.15) is 23.7 Å². The molecule has 4 nitrogen and oxygen atoms in total. The van der Waals surface area contributed by atoms with Gasteiger partial charge in [-0.2, -0.15) is 0 Å². The average Bonchev–Trinajstić information content (AvgIpc) is 2.29. The highest BCUT2D eigenvalue weighted by atomic mass is 16.2. The summed E-state index contributed by atoms with van der Waals surface area (Å²) in [5.74, 6) is -0.127. The topological polar surface area (TPSA) is 58.2 Å². The maximum absolute atomic E-state index is 11.5. The van der Waals surface area contributed by atoms with Gasteiger partial charge in [0, 0.05) is 25.6 Å². The molecule has 0 fully saturated rings. The summed E-state index contributed by atoms with van der Waals surface area (Å²) in [5.41, 5.74) is 0.655. The normalized spacial score (nSPS) is 9.56. The van der Waals surface area contributed by atoms with Crippen LogP contribution in [0.3, 0.4) is 0 Å². The molecule has 4 heteroatoms. The van der Waals surface area contributed by atoms with Crippen LogP contribution in [0, 0.1) is 0 Å². The van der Waals surface area contributed by atoms with Crippen molar-refractivity contribution in [1.29, 1.82) is 0 Å². The molecule has 0 heterocycles. The van der Waals surface area contributed by atoms with Crippen LogP contribution in [0.4, 0.5) is 0 Å². The van der Waals surface area contributed by atoms with Gasteiger partial charge in [-0.3, -0.25) is 9.59 Å². The van der Waals surface area contributed by atoms with Crippen molar-refractivity contribution in [2.45, 2.75) is 13.3 Å². The minimum atomic E-state index is -0.0802. The molecule has 2 amide bonds. The van der Waals surface area contributed by atoms with Gasteiger partial charge < -0.3 is 10.6 Å². The van der Waals surface area contributed by atoms with Gasteiger partial charge >= 0.3 is 0 Å². The van der Waals surface area contributed by atoms with Crippen LogP contribution >= 0.6 is 0 Å². The van der Waals surface area contributed by atoms with Gasteiger partial charge in [0.05, 0.1) is 0 Å². The minimum absolute atomic E-state index is 0.0469. The second-order valence-corrected chi connectivity index (χ2v) is 3.46. The van der Waals surface area contributed by atoms with Crippen LogP contribution in [-0.4, -0.2) is 24.9 Å². The summed E-state index contributed by atoms with van der Waals surface area (Å²) in [6.07, 6.45) is 0.734. The van der Waals surface area contributed by atoms with E-state index in [1.165, 1.54) is 6.92 Å². The first-order valence-electron chi connectivity index (χ1n) is 5.28. The van der Waals surface area contributed by atoms with E-state index in [1.807, 2.05) is 18.2 Å². The van der Waals surface area contributed by atoms with Gasteiger partial charge in [-0.15, -0.1) is 0 Å². The van der Waals surface area contributed by atoms with Crippen molar-refractivity contribution in [3.05, 3.63) is 35.9 Å². The summed E-state index contributed by atoms with van der Waals surface area (Å²) in [6, 6.07) is 9.05. The number of carbonyl (C=O) groups is 2. The number of hydrogen-bond acceptors (Lipinski definition) is 2. The molecule has 86 valence electrons. The largest absolute Gasteiger partial charge is 0.356 e. The number of hydrogen-bond donors (Lipinski definition) is 2. The predicted octanol–water partition coefficient (Wildman–Crippen LogP) is 0.943. The standard InChI is InChI=1S/C12H16N2O2/c1-10(15)13-8-5-9-14-12(16)11-6-3-2-4-7-11/h2-4,6-7H,5,8-9H2,1H3,(H,13,15)(H,14,16). The van der Waals surface area contributed by atoms with Gasteiger partial charge in [0.15, 0.2) is 0 Å². The van der Waals surface area contributed by atoms with Crippen molar-refractivity contribution >= 4 is 11.8 Å². The van der Waals surface area contributed by atoms with Crippen molar-refractivity contribution in [2.75, 3.05) is 13.1 Å². The number of benzene rings is 1. The molecule has 0 bridgehead atoms. The minimum Gasteiger partial charge on any atom is -0.356 e. The van der Waals surface area contributed by atoms with Gasteiger partial charge in [0.25, 0.3) is 5.91 Å². The second kappa shape index (κ2) is 6.61. The van der Waals surface area contributed by atoms with Crippen molar-refractivity contribution < 1.29 is 9.59 Å². The SMILES string of the molecule is CC(=O)NCCCNC(=O)c1ccccc1. The Morgan fingerprint density at radius 2 is 1.69 bits per heavy atom. The van der Waals surface area contributed by atoms with Crippen LogP contribution in [0.15, 0.2) is 30.3 Å². The molecule has 16 heavy (non-hydrogen) atoms. The van der Waals surface area contributed by atoms with E-state index in [9.17, 15) is 9.59 Å². The van der Waals surface area contributed by atoms with E-state index in [2.05, 4.69) is 10.6 Å². The van der Waals surface area contributed by atoms with Crippen molar-refractivity contribution in [3.63, 3.8) is 0 Å². The van der Waals surface area contributed by atoms with E-state index < -0.39 is 0 Å². The first-order valence-corrected chi connectivity index (χ1v) is 5.28. The van der Waals surface area contributed by atoms with E-state index in [1.54, 1.807) is 12.1 Å². The monoisotopic (exact) mass is 220 g/mol. The molecule has 2 N–H and O–H groups in total. The van der Waals surface area contributed by atoms with Crippen LogP contribution < -0.4 is 10.6 Å². The number of carbonyl (C=O) groups excluding carboxylic acids is 2. The number of amides is 2. The average molecular weight is 220 g/mol. The molecular weight excluding hydrogens is 204 g/mol. The molecule has 0 aliphatic carbocycles. The summed E-state index contributed by atoms with van der Waals surface area (Å²) < 4.78 is 0. The number of nitrogens with one attached hydrogen (secondary N) is 2. The summed E-state index contributed by atoms with van der Waals surface area (Å²) in [5, 5.41) is 5.45. The first-order chi connectivity index (χ1) is 7.70. The molecule has 0 spiro atoms. The van der Waals surface area contributed by atoms with Crippen LogP contribution in [-0.2, 0) is 4.79 Å². The maximum Gasteiger partial charge on any atom is 0.251 e. The Morgan fingerprint density at radius 1 is 1.06 bits per heavy atom. The lowest BCUT2D eigenvalue weighted by Crippen LogP contribution is -2.28. The second-order valence-electron chi connectivity index (χ2n) is 3.46. The molecule has 0 saturated carbocycles. The fraction of sp³-hybridized carbons (Fsp3) is 0.333. The Balaban J connectivity index is 2.19. The zero-order valence-electron chi connectivity index (χ0n) is 9.32. The Kier molecular flexibility index (Phi) is 5.05. The summed E-state index contributed by atoms with van der Waals surface area (Å²) in [4.78, 5) is 22.1. The van der Waals surface area contributed by atoms with Crippen LogP contribution in [0.25, 0.3) is 0 Å². The third-order valence-corrected chi connectivity index (χ3v) is 2.05. The third kappa shape index (κ3) is 4.59. The Hall–Kier alpha value is -1.84. The van der Waals surface area contributed by atoms with Crippen molar-refractivity contribution in [1.82, 2.24) is 10.6 Å². The Labute approximate surface area is 95.0 Å². The van der Waals surface area contributed by atoms with Crippen LogP contribution in [0.5, 0.6) is 0 Å². The fourth-order valence-corrected chi connectivity index (χ4v) is 1.25. The molecule has 0 unspecified atom stereocenters. The highest BCUT2D eigenvalue weighted by Gasteiger charge is 2.02. The highest BCUT2D eigenvalue weighted by molar-refractivity contribution is 5.94. The lowest BCUT2D eigenvalue weighted by atomic mass is 10.2. The van der Waals surface area contributed by atoms with E-state index in [4.69, 9.17) is 0 Å². The van der Waals surface area contributed by atoms with E-state index >= 15 is 0 Å². The molecule has 0 atom stereocenters. The van der Waals surface area contributed by atoms with Crippen molar-refractivity contribution in [2.24, 2.45) is 0 Å². The smallest absolute Gasteiger partial charge is 0.251 e. The quantitative estimate of drug-likeness (QED) is 0.726. The van der Waals surface area contributed by atoms with Gasteiger partial charge in [0.1, 0.15) is 0 Å². The van der Waals surface area contributed by atoms with E-state index in [-0.39, 0.29) is 11.8 Å². The summed E-state index contributed by atoms with van der Waals surface area (Å²) >= 11 is 0. The highest BCUT2D eigenvalue weighted by Crippen LogP contribution is 1.97. The lowest BCUT2D eigenvalue weighted by molar-refractivity contribution is -0.118. The van der Waals surface area contributed by atoms with Gasteiger partial charge in [-0.25, -0.2) is 0 Å². The maximum atomic E-state index is 11.5. The fourth-order valence-electron chi connectivity index (χ4n) is 1.25. The third-order valence-electron chi connectivity index (χ3n) is 2.05. The van der Waals surface area contributed by atoms with Gasteiger partial charge in [0.2, 0.25) is 5.91 Å². The Morgan fingerprint density at radius 3 is 2.31 bits per heavy atom. The molecule has 1 rings (SSSR count). The summed E-state index contributed by atoms with van der Waals surface area (Å²) in [6.45, 7) is 2.63. The molecule has 0 saturated heterocycles. The van der Waals surface area contributed by atoms with Gasteiger partial charge in [-0.05, 0) is 18.6 Å². The molecule has 1 aromatic carbocycles. The van der Waals surface area contributed by atoms with E-state index in [0.29, 0.717) is 18.7 Å². The van der Waals surface area contributed by atoms with Gasteiger partial charge in [-0.1, -0.05) is 18.2 Å². The zero-order valence-corrected chi connectivity index (χ0v) is 9.32. The van der Waals surface area contributed by atoms with E-state index in [0.717, 1.165) is 6.42 Å². The van der Waals surface area contributed by atoms with Crippen molar-refractivity contribution in [3.8, 4) is 0 Å². The number of rotatable bonds is 5. The molecule has 0 aliphatic rings. The molecule has 0 aromatic heterocycles. The first kappa shape index (κ1) is 12.2. The zero-order chi connectivity index (χ0) is 11.8. The molecular formula is C12H16N2O2. The Bertz CT molecular complexity index is 349. The van der Waals surface area contributed by atoms with Crippen LogP contribution in [0.2, 0.25) is 0 Å². The molecule has 1 aromatic rings. The molecule has 0 aliphatic heterocycles. The summed E-state index contributed by atoms with van der Waals surface area (Å²) in [7, 11) is 0. The lowest BCUT2D eigenvalue weighted by Gasteiger charge is -2.05.